The van der Waals surface area contributed by atoms with Crippen molar-refractivity contribution in [2.24, 2.45) is 17.8 Å². The molecule has 1 aromatic carbocycles. The molecule has 0 aromatic heterocycles. The van der Waals surface area contributed by atoms with Crippen molar-refractivity contribution in [1.82, 2.24) is 5.32 Å². The fraction of sp³-hybridized carbons (Fsp3) is 0.600. The number of halogens is 1. The first-order chi connectivity index (χ1) is 8.29. The first-order valence-electron chi connectivity index (χ1n) is 6.77. The number of rotatable bonds is 4. The van der Waals surface area contributed by atoms with Crippen LogP contribution in [0.4, 0.5) is 0 Å². The van der Waals surface area contributed by atoms with Crippen LogP contribution in [0.2, 0.25) is 5.02 Å². The highest BCUT2D eigenvalue weighted by Crippen LogP contribution is 2.57. The van der Waals surface area contributed by atoms with Crippen LogP contribution < -0.4 is 5.32 Å². The molecule has 2 aliphatic carbocycles. The van der Waals surface area contributed by atoms with Gasteiger partial charge in [-0.1, -0.05) is 36.7 Å². The Morgan fingerprint density at radius 1 is 1.24 bits per heavy atom. The molecular formula is C15H20ClN. The van der Waals surface area contributed by atoms with E-state index in [4.69, 9.17) is 11.6 Å². The van der Waals surface area contributed by atoms with E-state index < -0.39 is 0 Å². The van der Waals surface area contributed by atoms with E-state index in [0.717, 1.165) is 29.3 Å². The molecule has 17 heavy (non-hydrogen) atoms. The lowest BCUT2D eigenvalue weighted by Crippen LogP contribution is -2.28. The molecule has 1 N–H and O–H groups in total. The number of fused-ring (bicyclic) bond motifs is 1. The highest BCUT2D eigenvalue weighted by molar-refractivity contribution is 6.31. The molecule has 1 aromatic rings. The van der Waals surface area contributed by atoms with Crippen molar-refractivity contribution in [2.45, 2.75) is 32.2 Å². The SMILES string of the molecule is CCNC(c1ccccc1Cl)C1CC2CC2C1. The van der Waals surface area contributed by atoms with Crippen LogP contribution in [0.15, 0.2) is 24.3 Å². The average Bonchev–Trinajstić information content (AvgIpc) is 2.95. The van der Waals surface area contributed by atoms with Crippen LogP contribution in [-0.2, 0) is 0 Å². The molecule has 3 atom stereocenters. The van der Waals surface area contributed by atoms with Crippen LogP contribution in [0.1, 0.15) is 37.8 Å². The molecule has 1 nitrogen and oxygen atoms in total. The summed E-state index contributed by atoms with van der Waals surface area (Å²) >= 11 is 6.34. The van der Waals surface area contributed by atoms with E-state index >= 15 is 0 Å². The summed E-state index contributed by atoms with van der Waals surface area (Å²) in [5.74, 6) is 2.85. The predicted octanol–water partition coefficient (Wildman–Crippen LogP) is 4.04. The first-order valence-corrected chi connectivity index (χ1v) is 7.15. The molecule has 92 valence electrons. The Labute approximate surface area is 109 Å². The molecule has 0 spiro atoms. The van der Waals surface area contributed by atoms with Crippen LogP contribution in [-0.4, -0.2) is 6.54 Å². The summed E-state index contributed by atoms with van der Waals surface area (Å²) in [4.78, 5) is 0. The first kappa shape index (κ1) is 11.6. The zero-order valence-electron chi connectivity index (χ0n) is 10.3. The van der Waals surface area contributed by atoms with Crippen molar-refractivity contribution < 1.29 is 0 Å². The third-order valence-electron chi connectivity index (χ3n) is 4.42. The monoisotopic (exact) mass is 249 g/mol. The summed E-state index contributed by atoms with van der Waals surface area (Å²) in [6, 6.07) is 8.76. The van der Waals surface area contributed by atoms with Crippen LogP contribution in [0.5, 0.6) is 0 Å². The van der Waals surface area contributed by atoms with Gasteiger partial charge in [-0.3, -0.25) is 0 Å². The smallest absolute Gasteiger partial charge is 0.0453 e. The lowest BCUT2D eigenvalue weighted by molar-refractivity contribution is 0.347. The lowest BCUT2D eigenvalue weighted by atomic mass is 9.89. The minimum absolute atomic E-state index is 0.460. The molecule has 2 heteroatoms. The minimum Gasteiger partial charge on any atom is -0.310 e. The Morgan fingerprint density at radius 3 is 2.59 bits per heavy atom. The Hall–Kier alpha value is -0.530. The average molecular weight is 250 g/mol. The van der Waals surface area contributed by atoms with Crippen LogP contribution in [0, 0.1) is 17.8 Å². The number of nitrogens with one attached hydrogen (secondary N) is 1. The summed E-state index contributed by atoms with van der Waals surface area (Å²) in [7, 11) is 0. The van der Waals surface area contributed by atoms with Gasteiger partial charge < -0.3 is 5.32 Å². The van der Waals surface area contributed by atoms with Gasteiger partial charge in [-0.15, -0.1) is 0 Å². The van der Waals surface area contributed by atoms with E-state index in [0.29, 0.717) is 6.04 Å². The molecule has 0 radical (unpaired) electrons. The summed E-state index contributed by atoms with van der Waals surface area (Å²) in [6.07, 6.45) is 4.28. The molecule has 0 bridgehead atoms. The molecular weight excluding hydrogens is 230 g/mol. The second kappa shape index (κ2) is 4.62. The van der Waals surface area contributed by atoms with E-state index in [1.807, 2.05) is 12.1 Å². The predicted molar refractivity (Wildman–Crippen MR) is 72.2 cm³/mol. The quantitative estimate of drug-likeness (QED) is 0.849. The van der Waals surface area contributed by atoms with Crippen molar-refractivity contribution in [2.75, 3.05) is 6.54 Å². The summed E-state index contributed by atoms with van der Waals surface area (Å²) in [5, 5.41) is 4.55. The third-order valence-corrected chi connectivity index (χ3v) is 4.76. The summed E-state index contributed by atoms with van der Waals surface area (Å²) in [6.45, 7) is 3.20. The maximum absolute atomic E-state index is 6.34. The normalized spacial score (nSPS) is 32.2. The zero-order valence-corrected chi connectivity index (χ0v) is 11.1. The van der Waals surface area contributed by atoms with Gasteiger partial charge >= 0.3 is 0 Å². The minimum atomic E-state index is 0.460. The molecule has 2 saturated carbocycles. The second-order valence-corrected chi connectivity index (χ2v) is 5.95. The topological polar surface area (TPSA) is 12.0 Å². The third kappa shape index (κ3) is 2.23. The van der Waals surface area contributed by atoms with E-state index in [1.54, 1.807) is 0 Å². The van der Waals surface area contributed by atoms with Gasteiger partial charge in [-0.2, -0.15) is 0 Å². The zero-order chi connectivity index (χ0) is 11.8. The Morgan fingerprint density at radius 2 is 1.94 bits per heavy atom. The van der Waals surface area contributed by atoms with Crippen molar-refractivity contribution in [3.05, 3.63) is 34.9 Å². The van der Waals surface area contributed by atoms with E-state index in [2.05, 4.69) is 24.4 Å². The van der Waals surface area contributed by atoms with Crippen LogP contribution >= 0.6 is 11.6 Å². The highest BCUT2D eigenvalue weighted by atomic mass is 35.5. The standard InChI is InChI=1S/C15H20ClN/c1-2-17-15(12-8-10-7-11(10)9-12)13-5-3-4-6-14(13)16/h3-6,10-12,15,17H,2,7-9H2,1H3. The summed E-state index contributed by atoms with van der Waals surface area (Å²) in [5.41, 5.74) is 1.29. The molecule has 3 rings (SSSR count). The van der Waals surface area contributed by atoms with Gasteiger partial charge in [0, 0.05) is 11.1 Å². The Bertz CT molecular complexity index is 394. The van der Waals surface area contributed by atoms with Gasteiger partial charge in [0.25, 0.3) is 0 Å². The van der Waals surface area contributed by atoms with E-state index in [9.17, 15) is 0 Å². The van der Waals surface area contributed by atoms with Gasteiger partial charge in [0.05, 0.1) is 0 Å². The van der Waals surface area contributed by atoms with Crippen LogP contribution in [0.25, 0.3) is 0 Å². The number of hydrogen-bond acceptors (Lipinski definition) is 1. The summed E-state index contributed by atoms with van der Waals surface area (Å²) < 4.78 is 0. The maximum atomic E-state index is 6.34. The molecule has 0 heterocycles. The van der Waals surface area contributed by atoms with Gasteiger partial charge in [-0.25, -0.2) is 0 Å². The largest absolute Gasteiger partial charge is 0.310 e. The molecule has 0 aliphatic heterocycles. The molecule has 0 saturated heterocycles. The maximum Gasteiger partial charge on any atom is 0.0453 e. The van der Waals surface area contributed by atoms with Crippen molar-refractivity contribution >= 4 is 11.6 Å². The fourth-order valence-corrected chi connectivity index (χ4v) is 3.76. The van der Waals surface area contributed by atoms with Gasteiger partial charge in [0.15, 0.2) is 0 Å². The van der Waals surface area contributed by atoms with Crippen LogP contribution in [0.3, 0.4) is 0 Å². The number of hydrogen-bond donors (Lipinski definition) is 1. The molecule has 2 fully saturated rings. The molecule has 0 amide bonds. The van der Waals surface area contributed by atoms with E-state index in [-0.39, 0.29) is 0 Å². The number of benzene rings is 1. The Balaban J connectivity index is 1.81. The van der Waals surface area contributed by atoms with Gasteiger partial charge in [0.2, 0.25) is 0 Å². The molecule has 3 unspecified atom stereocenters. The fourth-order valence-electron chi connectivity index (χ4n) is 3.51. The van der Waals surface area contributed by atoms with Crippen molar-refractivity contribution in [1.29, 1.82) is 0 Å². The van der Waals surface area contributed by atoms with E-state index in [1.165, 1.54) is 24.8 Å². The van der Waals surface area contributed by atoms with Gasteiger partial charge in [-0.05, 0) is 55.2 Å². The highest BCUT2D eigenvalue weighted by Gasteiger charge is 2.48. The lowest BCUT2D eigenvalue weighted by Gasteiger charge is -2.27. The molecule has 2 aliphatic rings. The second-order valence-electron chi connectivity index (χ2n) is 5.54. The Kier molecular flexibility index (Phi) is 3.14. The van der Waals surface area contributed by atoms with Crippen molar-refractivity contribution in [3.8, 4) is 0 Å². The van der Waals surface area contributed by atoms with Crippen molar-refractivity contribution in [3.63, 3.8) is 0 Å². The van der Waals surface area contributed by atoms with Gasteiger partial charge in [0.1, 0.15) is 0 Å².